The molecule has 0 amide bonds. The van der Waals surface area contributed by atoms with Crippen LogP contribution in [0.2, 0.25) is 0 Å². The predicted molar refractivity (Wildman–Crippen MR) is 109 cm³/mol. The molecule has 1 unspecified atom stereocenters. The van der Waals surface area contributed by atoms with Gasteiger partial charge in [0.2, 0.25) is 11.6 Å². The van der Waals surface area contributed by atoms with Gasteiger partial charge in [0.1, 0.15) is 0 Å². The summed E-state index contributed by atoms with van der Waals surface area (Å²) in [5.41, 5.74) is 1.78. The van der Waals surface area contributed by atoms with Crippen molar-refractivity contribution in [2.45, 2.75) is 39.8 Å². The van der Waals surface area contributed by atoms with Crippen LogP contribution in [0.1, 0.15) is 43.2 Å². The van der Waals surface area contributed by atoms with E-state index in [-0.39, 0.29) is 37.0 Å². The molecular weight excluding hydrogens is 372 g/mol. The molecule has 1 atom stereocenters. The number of nitrogens with zero attached hydrogens (tertiary/aromatic N) is 3. The monoisotopic (exact) mass is 398 g/mol. The van der Waals surface area contributed by atoms with Crippen molar-refractivity contribution in [3.8, 4) is 0 Å². The maximum absolute atomic E-state index is 12.5. The maximum Gasteiger partial charge on any atom is 0.215 e. The van der Waals surface area contributed by atoms with Gasteiger partial charge in [0.15, 0.2) is 11.9 Å². The highest BCUT2D eigenvalue weighted by Gasteiger charge is 2.25. The van der Waals surface area contributed by atoms with E-state index in [0.717, 1.165) is 16.5 Å². The first-order valence-corrected chi connectivity index (χ1v) is 9.65. The summed E-state index contributed by atoms with van der Waals surface area (Å²) in [6, 6.07) is 7.45. The largest absolute Gasteiger partial charge is 0.394 e. The van der Waals surface area contributed by atoms with Crippen molar-refractivity contribution in [1.29, 1.82) is 0 Å². The van der Waals surface area contributed by atoms with Gasteiger partial charge in [-0.1, -0.05) is 26.8 Å². The third kappa shape index (κ3) is 5.21. The van der Waals surface area contributed by atoms with E-state index in [1.807, 2.05) is 45.0 Å². The lowest BCUT2D eigenvalue weighted by molar-refractivity contribution is -0.112. The lowest BCUT2D eigenvalue weighted by atomic mass is 9.89. The van der Waals surface area contributed by atoms with E-state index in [1.54, 1.807) is 0 Å². The van der Waals surface area contributed by atoms with E-state index >= 15 is 0 Å². The minimum atomic E-state index is -0.467. The number of ether oxygens (including phenoxy) is 1. The Morgan fingerprint density at radius 2 is 2.00 bits per heavy atom. The Bertz CT molecular complexity index is 969. The number of carbonyl (C=O) groups excluding carboxylic acids is 2. The highest BCUT2D eigenvalue weighted by atomic mass is 16.5. The van der Waals surface area contributed by atoms with Crippen LogP contribution in [0.15, 0.2) is 39.5 Å². The van der Waals surface area contributed by atoms with Crippen molar-refractivity contribution in [2.24, 2.45) is 20.6 Å². The summed E-state index contributed by atoms with van der Waals surface area (Å²) in [5, 5.41) is 17.5. The molecule has 0 spiro atoms. The molecule has 1 aromatic carbocycles. The van der Waals surface area contributed by atoms with Gasteiger partial charge in [0.25, 0.3) is 0 Å². The topological polar surface area (TPSA) is 116 Å². The molecule has 8 nitrogen and oxygen atoms in total. The fourth-order valence-corrected chi connectivity index (χ4v) is 3.00. The Hall–Kier alpha value is -2.71. The number of H-pyrrole nitrogens is 1. The van der Waals surface area contributed by atoms with Crippen molar-refractivity contribution < 1.29 is 19.4 Å². The normalized spacial score (nSPS) is 16.4. The highest BCUT2D eigenvalue weighted by Crippen LogP contribution is 2.24. The number of aliphatic hydroxyl groups is 1. The lowest BCUT2D eigenvalue weighted by Gasteiger charge is -2.14. The average Bonchev–Trinajstić information content (AvgIpc) is 3.30. The second-order valence-electron chi connectivity index (χ2n) is 8.06. The fraction of sp³-hybridized carbons (Fsp3) is 0.476. The smallest absolute Gasteiger partial charge is 0.215 e. The van der Waals surface area contributed by atoms with E-state index in [1.165, 1.54) is 0 Å². The van der Waals surface area contributed by atoms with Crippen LogP contribution in [0.25, 0.3) is 10.9 Å². The highest BCUT2D eigenvalue weighted by molar-refractivity contribution is 6.39. The first-order valence-electron chi connectivity index (χ1n) is 9.65. The third-order valence-corrected chi connectivity index (χ3v) is 4.54. The molecule has 154 valence electrons. The first kappa shape index (κ1) is 21.0. The molecule has 0 aliphatic carbocycles. The number of aliphatic imine (C=N–C) groups is 1. The molecular formula is C21H26N4O4. The second-order valence-corrected chi connectivity index (χ2v) is 8.06. The number of nitrogens with one attached hydrogen (secondary N) is 1. The van der Waals surface area contributed by atoms with Gasteiger partial charge in [-0.15, -0.1) is 5.11 Å². The minimum absolute atomic E-state index is 0.0312. The summed E-state index contributed by atoms with van der Waals surface area (Å²) in [4.78, 5) is 32.4. The number of amidine groups is 1. The van der Waals surface area contributed by atoms with Crippen LogP contribution < -0.4 is 0 Å². The van der Waals surface area contributed by atoms with Gasteiger partial charge in [-0.05, 0) is 23.8 Å². The van der Waals surface area contributed by atoms with Crippen LogP contribution in [0.3, 0.4) is 0 Å². The molecule has 29 heavy (non-hydrogen) atoms. The molecule has 1 aromatic heterocycles. The number of hydrogen-bond acceptors (Lipinski definition) is 7. The van der Waals surface area contributed by atoms with Crippen LogP contribution >= 0.6 is 0 Å². The molecule has 0 saturated carbocycles. The fourth-order valence-electron chi connectivity index (χ4n) is 3.00. The molecule has 0 radical (unpaired) electrons. The number of Topliss-reactive ketones (excluding diaryl/α,β-unsaturated/α-hetero) is 2. The van der Waals surface area contributed by atoms with Crippen molar-refractivity contribution in [1.82, 2.24) is 4.98 Å². The van der Waals surface area contributed by atoms with Crippen LogP contribution in [0.4, 0.5) is 0 Å². The SMILES string of the molecule is CC(C)(C)C(=O)c1cc2cc(CC(=O)C3=NC(CCOCCO)N=N3)ccc2[nH]1. The van der Waals surface area contributed by atoms with Gasteiger partial charge in [-0.3, -0.25) is 9.59 Å². The second kappa shape index (κ2) is 8.75. The van der Waals surface area contributed by atoms with Crippen molar-refractivity contribution in [3.63, 3.8) is 0 Å². The molecule has 3 rings (SSSR count). The average molecular weight is 398 g/mol. The van der Waals surface area contributed by atoms with Gasteiger partial charge >= 0.3 is 0 Å². The quantitative estimate of drug-likeness (QED) is 0.498. The summed E-state index contributed by atoms with van der Waals surface area (Å²) in [7, 11) is 0. The Labute approximate surface area is 169 Å². The Kier molecular flexibility index (Phi) is 6.34. The number of aromatic nitrogens is 1. The number of hydrogen-bond donors (Lipinski definition) is 2. The Balaban J connectivity index is 1.65. The summed E-state index contributed by atoms with van der Waals surface area (Å²) >= 11 is 0. The minimum Gasteiger partial charge on any atom is -0.394 e. The summed E-state index contributed by atoms with van der Waals surface area (Å²) in [6.07, 6.45) is 0.265. The lowest BCUT2D eigenvalue weighted by Crippen LogP contribution is -2.20. The van der Waals surface area contributed by atoms with Gasteiger partial charge in [0, 0.05) is 29.2 Å². The summed E-state index contributed by atoms with van der Waals surface area (Å²) in [6.45, 7) is 6.28. The number of aliphatic hydroxyl groups excluding tert-OH is 1. The summed E-state index contributed by atoms with van der Waals surface area (Å²) < 4.78 is 5.18. The van der Waals surface area contributed by atoms with Crippen molar-refractivity contribution >= 4 is 28.3 Å². The van der Waals surface area contributed by atoms with Gasteiger partial charge in [0.05, 0.1) is 25.5 Å². The molecule has 8 heteroatoms. The van der Waals surface area contributed by atoms with E-state index < -0.39 is 11.6 Å². The number of benzene rings is 1. The Morgan fingerprint density at radius 3 is 2.72 bits per heavy atom. The van der Waals surface area contributed by atoms with Crippen LogP contribution in [-0.4, -0.2) is 53.5 Å². The zero-order chi connectivity index (χ0) is 21.0. The Morgan fingerprint density at radius 1 is 1.21 bits per heavy atom. The van der Waals surface area contributed by atoms with Gasteiger partial charge < -0.3 is 14.8 Å². The molecule has 0 saturated heterocycles. The zero-order valence-corrected chi connectivity index (χ0v) is 16.9. The number of carbonyl (C=O) groups is 2. The number of rotatable bonds is 9. The number of ketones is 2. The van der Waals surface area contributed by atoms with E-state index in [0.29, 0.717) is 18.7 Å². The van der Waals surface area contributed by atoms with Crippen LogP contribution in [0, 0.1) is 5.41 Å². The summed E-state index contributed by atoms with van der Waals surface area (Å²) in [5.74, 6) is -0.0376. The standard InChI is InChI=1S/C21H26N4O4/c1-21(2,3)19(28)16-12-14-10-13(4-5-15(14)22-16)11-17(27)20-23-18(24-25-20)6-8-29-9-7-26/h4-5,10,12,18,22,26H,6-9,11H2,1-3H3. The predicted octanol–water partition coefficient (Wildman–Crippen LogP) is 3.10. The molecule has 1 aliphatic rings. The molecule has 2 N–H and O–H groups in total. The van der Waals surface area contributed by atoms with E-state index in [9.17, 15) is 9.59 Å². The third-order valence-electron chi connectivity index (χ3n) is 4.54. The van der Waals surface area contributed by atoms with Crippen LogP contribution in [0.5, 0.6) is 0 Å². The van der Waals surface area contributed by atoms with Crippen molar-refractivity contribution in [3.05, 3.63) is 35.5 Å². The van der Waals surface area contributed by atoms with Gasteiger partial charge in [-0.25, -0.2) is 4.99 Å². The molecule has 0 bridgehead atoms. The molecule has 2 aromatic rings. The van der Waals surface area contributed by atoms with Crippen LogP contribution in [-0.2, 0) is 16.0 Å². The van der Waals surface area contributed by atoms with E-state index in [4.69, 9.17) is 9.84 Å². The van der Waals surface area contributed by atoms with Crippen molar-refractivity contribution in [2.75, 3.05) is 19.8 Å². The van der Waals surface area contributed by atoms with Gasteiger partial charge in [-0.2, -0.15) is 5.11 Å². The molecule has 1 aliphatic heterocycles. The maximum atomic E-state index is 12.5. The van der Waals surface area contributed by atoms with E-state index in [2.05, 4.69) is 20.2 Å². The first-order chi connectivity index (χ1) is 13.8. The number of aromatic amines is 1. The zero-order valence-electron chi connectivity index (χ0n) is 16.9. The molecule has 0 fully saturated rings. The number of azo groups is 1. The number of fused-ring (bicyclic) bond motifs is 1. The molecule has 2 heterocycles.